The molecule has 3 rings (SSSR count). The summed E-state index contributed by atoms with van der Waals surface area (Å²) in [7, 11) is 0. The van der Waals surface area contributed by atoms with Crippen molar-refractivity contribution < 1.29 is 4.39 Å². The summed E-state index contributed by atoms with van der Waals surface area (Å²) in [6.45, 7) is 0.602. The third kappa shape index (κ3) is 2.36. The molecule has 1 aromatic heterocycles. The Morgan fingerprint density at radius 3 is 2.79 bits per heavy atom. The van der Waals surface area contributed by atoms with E-state index in [9.17, 15) is 4.39 Å². The van der Waals surface area contributed by atoms with Crippen LogP contribution in [0.15, 0.2) is 53.1 Å². The van der Waals surface area contributed by atoms with E-state index in [0.29, 0.717) is 6.54 Å². The molecule has 19 heavy (non-hydrogen) atoms. The van der Waals surface area contributed by atoms with Gasteiger partial charge in [-0.15, -0.1) is 0 Å². The van der Waals surface area contributed by atoms with Crippen molar-refractivity contribution >= 4 is 32.5 Å². The molecule has 0 unspecified atom stereocenters. The summed E-state index contributed by atoms with van der Waals surface area (Å²) in [5.41, 5.74) is 8.50. The van der Waals surface area contributed by atoms with Gasteiger partial charge in [-0.3, -0.25) is 0 Å². The van der Waals surface area contributed by atoms with Gasteiger partial charge in [-0.25, -0.2) is 4.39 Å². The van der Waals surface area contributed by atoms with E-state index in [2.05, 4.69) is 20.5 Å². The standard InChI is InChI=1S/C15H12BrFN2/c16-14-4-2-12(17)7-11(14)9-19-6-5-10-1-3-13(18)8-15(10)19/h1-8H,9,18H2. The van der Waals surface area contributed by atoms with Crippen LogP contribution in [0.2, 0.25) is 0 Å². The van der Waals surface area contributed by atoms with Gasteiger partial charge in [0.2, 0.25) is 0 Å². The number of nitrogen functional groups attached to an aromatic ring is 1. The highest BCUT2D eigenvalue weighted by atomic mass is 79.9. The maximum atomic E-state index is 13.3. The molecule has 2 aromatic carbocycles. The fourth-order valence-electron chi connectivity index (χ4n) is 2.19. The van der Waals surface area contributed by atoms with E-state index in [0.717, 1.165) is 26.6 Å². The first-order chi connectivity index (χ1) is 9.13. The van der Waals surface area contributed by atoms with Crippen molar-refractivity contribution in [2.45, 2.75) is 6.54 Å². The van der Waals surface area contributed by atoms with Crippen LogP contribution in [0.1, 0.15) is 5.56 Å². The average Bonchev–Trinajstić information content (AvgIpc) is 2.77. The van der Waals surface area contributed by atoms with E-state index in [4.69, 9.17) is 5.73 Å². The monoisotopic (exact) mass is 318 g/mol. The molecule has 0 saturated heterocycles. The number of halogens is 2. The van der Waals surface area contributed by atoms with Crippen molar-refractivity contribution in [1.29, 1.82) is 0 Å². The van der Waals surface area contributed by atoms with Crippen molar-refractivity contribution in [2.24, 2.45) is 0 Å². The van der Waals surface area contributed by atoms with Crippen molar-refractivity contribution in [3.8, 4) is 0 Å². The van der Waals surface area contributed by atoms with Crippen molar-refractivity contribution in [3.63, 3.8) is 0 Å². The maximum Gasteiger partial charge on any atom is 0.123 e. The van der Waals surface area contributed by atoms with Crippen LogP contribution in [-0.2, 0) is 6.54 Å². The van der Waals surface area contributed by atoms with Gasteiger partial charge in [0.25, 0.3) is 0 Å². The molecule has 2 nitrogen and oxygen atoms in total. The SMILES string of the molecule is Nc1ccc2ccn(Cc3cc(F)ccc3Br)c2c1. The fourth-order valence-corrected chi connectivity index (χ4v) is 2.56. The lowest BCUT2D eigenvalue weighted by molar-refractivity contribution is 0.623. The topological polar surface area (TPSA) is 30.9 Å². The van der Waals surface area contributed by atoms with Gasteiger partial charge in [0.05, 0.1) is 5.52 Å². The lowest BCUT2D eigenvalue weighted by Crippen LogP contribution is -1.99. The number of hydrogen-bond acceptors (Lipinski definition) is 1. The van der Waals surface area contributed by atoms with Gasteiger partial charge in [0.1, 0.15) is 5.82 Å². The highest BCUT2D eigenvalue weighted by Gasteiger charge is 2.06. The number of aromatic nitrogens is 1. The predicted octanol–water partition coefficient (Wildman–Crippen LogP) is 4.17. The Hall–Kier alpha value is -1.81. The molecule has 0 amide bonds. The number of nitrogens with two attached hydrogens (primary N) is 1. The third-order valence-corrected chi connectivity index (χ3v) is 3.92. The van der Waals surface area contributed by atoms with Gasteiger partial charge < -0.3 is 10.3 Å². The van der Waals surface area contributed by atoms with E-state index in [1.807, 2.05) is 30.5 Å². The molecule has 0 fully saturated rings. The molecule has 1 heterocycles. The summed E-state index contributed by atoms with van der Waals surface area (Å²) >= 11 is 3.45. The zero-order valence-corrected chi connectivity index (χ0v) is 11.7. The molecule has 96 valence electrons. The second kappa shape index (κ2) is 4.70. The Bertz CT molecular complexity index is 749. The molecule has 0 bridgehead atoms. The summed E-state index contributed by atoms with van der Waals surface area (Å²) in [6.07, 6.45) is 1.99. The zero-order valence-electron chi connectivity index (χ0n) is 10.1. The van der Waals surface area contributed by atoms with E-state index >= 15 is 0 Å². The van der Waals surface area contributed by atoms with Crippen LogP contribution in [0.3, 0.4) is 0 Å². The minimum Gasteiger partial charge on any atom is -0.399 e. The second-order valence-corrected chi connectivity index (χ2v) is 5.35. The Morgan fingerprint density at radius 1 is 1.11 bits per heavy atom. The number of anilines is 1. The van der Waals surface area contributed by atoms with E-state index in [-0.39, 0.29) is 5.82 Å². The summed E-state index contributed by atoms with van der Waals surface area (Å²) in [6, 6.07) is 12.5. The largest absolute Gasteiger partial charge is 0.399 e. The third-order valence-electron chi connectivity index (χ3n) is 3.15. The van der Waals surface area contributed by atoms with E-state index in [1.165, 1.54) is 6.07 Å². The van der Waals surface area contributed by atoms with Crippen LogP contribution < -0.4 is 5.73 Å². The van der Waals surface area contributed by atoms with Crippen LogP contribution in [0.25, 0.3) is 10.9 Å². The summed E-state index contributed by atoms with van der Waals surface area (Å²) in [5, 5.41) is 1.13. The van der Waals surface area contributed by atoms with Crippen LogP contribution >= 0.6 is 15.9 Å². The van der Waals surface area contributed by atoms with Gasteiger partial charge in [-0.1, -0.05) is 22.0 Å². The molecule has 4 heteroatoms. The van der Waals surface area contributed by atoms with Gasteiger partial charge >= 0.3 is 0 Å². The molecule has 0 spiro atoms. The Labute approximate surface area is 118 Å². The highest BCUT2D eigenvalue weighted by molar-refractivity contribution is 9.10. The molecular weight excluding hydrogens is 307 g/mol. The molecule has 0 aliphatic carbocycles. The molecule has 0 atom stereocenters. The van der Waals surface area contributed by atoms with Crippen molar-refractivity contribution in [2.75, 3.05) is 5.73 Å². The van der Waals surface area contributed by atoms with Crippen LogP contribution in [0.5, 0.6) is 0 Å². The fraction of sp³-hybridized carbons (Fsp3) is 0.0667. The molecule has 0 aliphatic heterocycles. The molecule has 0 saturated carbocycles. The number of benzene rings is 2. The van der Waals surface area contributed by atoms with Crippen LogP contribution in [-0.4, -0.2) is 4.57 Å². The smallest absolute Gasteiger partial charge is 0.123 e. The first-order valence-electron chi connectivity index (χ1n) is 5.92. The van der Waals surface area contributed by atoms with E-state index < -0.39 is 0 Å². The van der Waals surface area contributed by atoms with Crippen molar-refractivity contribution in [1.82, 2.24) is 4.57 Å². The Morgan fingerprint density at radius 2 is 1.95 bits per heavy atom. The average molecular weight is 319 g/mol. The highest BCUT2D eigenvalue weighted by Crippen LogP contribution is 2.23. The Balaban J connectivity index is 2.05. The van der Waals surface area contributed by atoms with Gasteiger partial charge in [0, 0.05) is 22.9 Å². The number of hydrogen-bond donors (Lipinski definition) is 1. The minimum atomic E-state index is -0.228. The number of rotatable bonds is 2. The van der Waals surface area contributed by atoms with E-state index in [1.54, 1.807) is 12.1 Å². The van der Waals surface area contributed by atoms with Gasteiger partial charge in [-0.2, -0.15) is 0 Å². The number of fused-ring (bicyclic) bond motifs is 1. The molecule has 2 N–H and O–H groups in total. The second-order valence-electron chi connectivity index (χ2n) is 4.50. The summed E-state index contributed by atoms with van der Waals surface area (Å²) in [4.78, 5) is 0. The molecular formula is C15H12BrFN2. The van der Waals surface area contributed by atoms with Crippen molar-refractivity contribution in [3.05, 3.63) is 64.5 Å². The Kier molecular flexibility index (Phi) is 3.03. The normalized spacial score (nSPS) is 11.1. The molecule has 0 aliphatic rings. The van der Waals surface area contributed by atoms with Gasteiger partial charge in [-0.05, 0) is 47.3 Å². The molecule has 3 aromatic rings. The van der Waals surface area contributed by atoms with Crippen LogP contribution in [0.4, 0.5) is 10.1 Å². The predicted molar refractivity (Wildman–Crippen MR) is 79.6 cm³/mol. The lowest BCUT2D eigenvalue weighted by atomic mass is 10.2. The van der Waals surface area contributed by atoms with Crippen LogP contribution in [0, 0.1) is 5.82 Å². The quantitative estimate of drug-likeness (QED) is 0.706. The molecule has 0 radical (unpaired) electrons. The zero-order chi connectivity index (χ0) is 13.4. The number of nitrogens with zero attached hydrogens (tertiary/aromatic N) is 1. The maximum absolute atomic E-state index is 13.3. The van der Waals surface area contributed by atoms with Gasteiger partial charge in [0.15, 0.2) is 0 Å². The summed E-state index contributed by atoms with van der Waals surface area (Å²) < 4.78 is 16.3. The summed E-state index contributed by atoms with van der Waals surface area (Å²) in [5.74, 6) is -0.228. The minimum absolute atomic E-state index is 0.228. The lowest BCUT2D eigenvalue weighted by Gasteiger charge is -2.08. The first-order valence-corrected chi connectivity index (χ1v) is 6.71. The first kappa shape index (κ1) is 12.2.